The van der Waals surface area contributed by atoms with E-state index in [2.05, 4.69) is 16.8 Å². The number of nitrogens with zero attached hydrogens (tertiary/aromatic N) is 3. The number of fused-ring (bicyclic) bond motifs is 1. The van der Waals surface area contributed by atoms with Crippen LogP contribution in [0.2, 0.25) is 0 Å². The first-order valence-electron chi connectivity index (χ1n) is 9.10. The molecule has 0 aliphatic carbocycles. The SMILES string of the molecule is CC1CCN(CN2C(=O)C(=Nc3ccccc3F)c3ccccc32)CC1. The van der Waals surface area contributed by atoms with Gasteiger partial charge in [-0.25, -0.2) is 9.38 Å². The first-order valence-corrected chi connectivity index (χ1v) is 9.10. The fourth-order valence-electron chi connectivity index (χ4n) is 3.58. The van der Waals surface area contributed by atoms with Gasteiger partial charge in [-0.15, -0.1) is 0 Å². The fourth-order valence-corrected chi connectivity index (χ4v) is 3.58. The molecule has 4 nitrogen and oxygen atoms in total. The number of carbonyl (C=O) groups is 1. The van der Waals surface area contributed by atoms with Crippen molar-refractivity contribution in [3.63, 3.8) is 0 Å². The lowest BCUT2D eigenvalue weighted by Gasteiger charge is -2.33. The number of hydrogen-bond acceptors (Lipinski definition) is 3. The van der Waals surface area contributed by atoms with E-state index in [0.717, 1.165) is 43.1 Å². The summed E-state index contributed by atoms with van der Waals surface area (Å²) in [7, 11) is 0. The van der Waals surface area contributed by atoms with Crippen molar-refractivity contribution in [3.05, 3.63) is 59.9 Å². The van der Waals surface area contributed by atoms with E-state index >= 15 is 0 Å². The summed E-state index contributed by atoms with van der Waals surface area (Å²) in [6, 6.07) is 13.9. The number of benzene rings is 2. The van der Waals surface area contributed by atoms with Gasteiger partial charge >= 0.3 is 0 Å². The highest BCUT2D eigenvalue weighted by molar-refractivity contribution is 6.54. The third kappa shape index (κ3) is 3.15. The quantitative estimate of drug-likeness (QED) is 0.838. The Labute approximate surface area is 153 Å². The summed E-state index contributed by atoms with van der Waals surface area (Å²) < 4.78 is 14.0. The Bertz CT molecular complexity index is 856. The van der Waals surface area contributed by atoms with E-state index in [1.54, 1.807) is 23.1 Å². The molecule has 1 fully saturated rings. The molecule has 134 valence electrons. The molecule has 0 unspecified atom stereocenters. The van der Waals surface area contributed by atoms with Gasteiger partial charge in [-0.3, -0.25) is 14.6 Å². The van der Waals surface area contributed by atoms with Crippen LogP contribution in [0.15, 0.2) is 53.5 Å². The highest BCUT2D eigenvalue weighted by atomic mass is 19.1. The zero-order chi connectivity index (χ0) is 18.1. The van der Waals surface area contributed by atoms with E-state index < -0.39 is 5.82 Å². The maximum atomic E-state index is 14.0. The molecule has 0 atom stereocenters. The maximum absolute atomic E-state index is 14.0. The zero-order valence-corrected chi connectivity index (χ0v) is 14.9. The summed E-state index contributed by atoms with van der Waals surface area (Å²) in [5.41, 5.74) is 2.13. The highest BCUT2D eigenvalue weighted by Crippen LogP contribution is 2.32. The van der Waals surface area contributed by atoms with Gasteiger partial charge in [0.1, 0.15) is 11.5 Å². The first kappa shape index (κ1) is 16.9. The first-order chi connectivity index (χ1) is 12.6. The second kappa shape index (κ2) is 7.00. The molecule has 2 aliphatic rings. The van der Waals surface area contributed by atoms with Crippen LogP contribution < -0.4 is 4.90 Å². The molecule has 1 amide bonds. The molecule has 2 aromatic carbocycles. The minimum Gasteiger partial charge on any atom is -0.293 e. The number of aliphatic imine (C=N–C) groups is 1. The summed E-state index contributed by atoms with van der Waals surface area (Å²) in [6.45, 7) is 4.81. The van der Waals surface area contributed by atoms with Crippen LogP contribution in [-0.2, 0) is 4.79 Å². The Morgan fingerprint density at radius 2 is 1.77 bits per heavy atom. The normalized spacial score (nSPS) is 20.0. The Balaban J connectivity index is 1.66. The van der Waals surface area contributed by atoms with Crippen molar-refractivity contribution >= 4 is 23.0 Å². The summed E-state index contributed by atoms with van der Waals surface area (Å²) in [6.07, 6.45) is 2.31. The van der Waals surface area contributed by atoms with Crippen molar-refractivity contribution < 1.29 is 9.18 Å². The summed E-state index contributed by atoms with van der Waals surface area (Å²) in [5, 5.41) is 0. The molecule has 0 aromatic heterocycles. The van der Waals surface area contributed by atoms with E-state index in [9.17, 15) is 9.18 Å². The van der Waals surface area contributed by atoms with Crippen molar-refractivity contribution in [2.24, 2.45) is 10.9 Å². The van der Waals surface area contributed by atoms with Crippen LogP contribution in [0.4, 0.5) is 15.8 Å². The second-order valence-corrected chi connectivity index (χ2v) is 7.10. The highest BCUT2D eigenvalue weighted by Gasteiger charge is 2.35. The zero-order valence-electron chi connectivity index (χ0n) is 14.9. The van der Waals surface area contributed by atoms with Gasteiger partial charge in [-0.1, -0.05) is 37.3 Å². The van der Waals surface area contributed by atoms with Crippen molar-refractivity contribution in [1.29, 1.82) is 0 Å². The molecule has 5 heteroatoms. The molecule has 2 aliphatic heterocycles. The van der Waals surface area contributed by atoms with Crippen LogP contribution >= 0.6 is 0 Å². The Morgan fingerprint density at radius 3 is 2.54 bits per heavy atom. The van der Waals surface area contributed by atoms with Gasteiger partial charge in [0, 0.05) is 18.7 Å². The molecule has 26 heavy (non-hydrogen) atoms. The second-order valence-electron chi connectivity index (χ2n) is 7.10. The van der Waals surface area contributed by atoms with Crippen LogP contribution in [0.3, 0.4) is 0 Å². The van der Waals surface area contributed by atoms with Crippen molar-refractivity contribution in [2.75, 3.05) is 24.7 Å². The molecule has 2 heterocycles. The summed E-state index contributed by atoms with van der Waals surface area (Å²) in [5.74, 6) is 0.160. The average Bonchev–Trinajstić information content (AvgIpc) is 2.91. The summed E-state index contributed by atoms with van der Waals surface area (Å²) in [4.78, 5) is 21.5. The fraction of sp³-hybridized carbons (Fsp3) is 0.333. The largest absolute Gasteiger partial charge is 0.293 e. The average molecular weight is 351 g/mol. The molecule has 0 spiro atoms. The monoisotopic (exact) mass is 351 g/mol. The van der Waals surface area contributed by atoms with Crippen molar-refractivity contribution in [2.45, 2.75) is 19.8 Å². The standard InChI is InChI=1S/C21H22FN3O/c1-15-10-12-24(13-11-15)14-25-19-9-5-2-6-16(19)20(21(25)26)23-18-8-4-3-7-17(18)22/h2-9,15H,10-14H2,1H3. The lowest BCUT2D eigenvalue weighted by Crippen LogP contribution is -2.44. The number of anilines is 1. The maximum Gasteiger partial charge on any atom is 0.278 e. The van der Waals surface area contributed by atoms with Crippen LogP contribution in [0.1, 0.15) is 25.3 Å². The van der Waals surface area contributed by atoms with Gasteiger partial charge in [0.15, 0.2) is 0 Å². The van der Waals surface area contributed by atoms with Crippen LogP contribution in [0.5, 0.6) is 0 Å². The van der Waals surface area contributed by atoms with Crippen LogP contribution in [0, 0.1) is 11.7 Å². The predicted octanol–water partition coefficient (Wildman–Crippen LogP) is 3.98. The molecular weight excluding hydrogens is 329 g/mol. The Hall–Kier alpha value is -2.53. The van der Waals surface area contributed by atoms with Gasteiger partial charge in [-0.2, -0.15) is 0 Å². The van der Waals surface area contributed by atoms with Crippen LogP contribution in [0.25, 0.3) is 0 Å². The predicted molar refractivity (Wildman–Crippen MR) is 101 cm³/mol. The number of halogens is 1. The molecule has 0 bridgehead atoms. The number of carbonyl (C=O) groups excluding carboxylic acids is 1. The van der Waals surface area contributed by atoms with Gasteiger partial charge in [-0.05, 0) is 37.0 Å². The van der Waals surface area contributed by atoms with Gasteiger partial charge in [0.05, 0.1) is 18.0 Å². The molecular formula is C21H22FN3O. The Morgan fingerprint density at radius 1 is 1.08 bits per heavy atom. The number of hydrogen-bond donors (Lipinski definition) is 0. The number of para-hydroxylation sites is 2. The molecule has 2 aromatic rings. The summed E-state index contributed by atoms with van der Waals surface area (Å²) >= 11 is 0. The van der Waals surface area contributed by atoms with E-state index in [-0.39, 0.29) is 11.6 Å². The number of likely N-dealkylation sites (tertiary alicyclic amines) is 1. The topological polar surface area (TPSA) is 35.9 Å². The van der Waals surface area contributed by atoms with E-state index in [1.165, 1.54) is 6.07 Å². The molecule has 0 radical (unpaired) electrons. The van der Waals surface area contributed by atoms with Gasteiger partial charge < -0.3 is 0 Å². The third-order valence-electron chi connectivity index (χ3n) is 5.20. The van der Waals surface area contributed by atoms with Gasteiger partial charge in [0.2, 0.25) is 0 Å². The number of rotatable bonds is 3. The molecule has 1 saturated heterocycles. The lowest BCUT2D eigenvalue weighted by atomic mass is 10.00. The molecule has 4 rings (SSSR count). The van der Waals surface area contributed by atoms with Crippen molar-refractivity contribution in [1.82, 2.24) is 4.90 Å². The smallest absolute Gasteiger partial charge is 0.278 e. The van der Waals surface area contributed by atoms with E-state index in [0.29, 0.717) is 12.4 Å². The van der Waals surface area contributed by atoms with Crippen LogP contribution in [-0.4, -0.2) is 36.3 Å². The van der Waals surface area contributed by atoms with E-state index in [1.807, 2.05) is 24.3 Å². The molecule has 0 N–H and O–H groups in total. The minimum absolute atomic E-state index is 0.159. The Kier molecular flexibility index (Phi) is 4.55. The van der Waals surface area contributed by atoms with Crippen molar-refractivity contribution in [3.8, 4) is 0 Å². The van der Waals surface area contributed by atoms with Gasteiger partial charge in [0.25, 0.3) is 5.91 Å². The molecule has 0 saturated carbocycles. The lowest BCUT2D eigenvalue weighted by molar-refractivity contribution is -0.112. The van der Waals surface area contributed by atoms with E-state index in [4.69, 9.17) is 0 Å². The third-order valence-corrected chi connectivity index (χ3v) is 5.20. The number of amides is 1. The minimum atomic E-state index is -0.422. The number of piperidine rings is 1.